The van der Waals surface area contributed by atoms with E-state index in [0.29, 0.717) is 31.9 Å². The molecule has 3 fully saturated rings. The summed E-state index contributed by atoms with van der Waals surface area (Å²) in [4.78, 5) is 27.9. The summed E-state index contributed by atoms with van der Waals surface area (Å²) in [5.74, 6) is 3.12. The van der Waals surface area contributed by atoms with Crippen LogP contribution in [0.25, 0.3) is 0 Å². The van der Waals surface area contributed by atoms with Gasteiger partial charge in [-0.3, -0.25) is 9.80 Å². The second kappa shape index (κ2) is 10.7. The number of carbonyl (C=O) groups is 1. The van der Waals surface area contributed by atoms with E-state index in [1.54, 1.807) is 4.90 Å². The maximum absolute atomic E-state index is 13.2. The number of piperazine rings is 1. The summed E-state index contributed by atoms with van der Waals surface area (Å²) in [5, 5.41) is -0.307. The van der Waals surface area contributed by atoms with Crippen molar-refractivity contribution in [3.05, 3.63) is 48.3 Å². The third kappa shape index (κ3) is 5.73. The van der Waals surface area contributed by atoms with Gasteiger partial charge < -0.3 is 9.64 Å². The molecule has 0 unspecified atom stereocenters. The number of rotatable bonds is 6. The van der Waals surface area contributed by atoms with Gasteiger partial charge in [0.25, 0.3) is 0 Å². The number of anilines is 1. The normalized spacial score (nSPS) is 23.5. The number of hydrogen-bond donors (Lipinski definition) is 0. The molecule has 1 aromatic carbocycles. The summed E-state index contributed by atoms with van der Waals surface area (Å²) in [6.07, 6.45) is 11.0. The first-order valence-electron chi connectivity index (χ1n) is 12.9. The molecule has 2 saturated heterocycles. The van der Waals surface area contributed by atoms with E-state index in [9.17, 15) is 13.2 Å². The van der Waals surface area contributed by atoms with Crippen molar-refractivity contribution in [2.45, 2.75) is 67.5 Å². The van der Waals surface area contributed by atoms with Crippen LogP contribution >= 0.6 is 0 Å². The van der Waals surface area contributed by atoms with Crippen LogP contribution in [-0.2, 0) is 21.1 Å². The number of aromatic nitrogens is 2. The molecule has 0 N–H and O–H groups in total. The van der Waals surface area contributed by atoms with Crippen LogP contribution in [0.2, 0.25) is 0 Å². The van der Waals surface area contributed by atoms with E-state index in [-0.39, 0.29) is 28.4 Å². The summed E-state index contributed by atoms with van der Waals surface area (Å²) in [5.41, 5.74) is 1.28. The molecule has 9 nitrogen and oxygen atoms in total. The number of sulfone groups is 1. The molecule has 0 radical (unpaired) electrons. The van der Waals surface area contributed by atoms with E-state index in [2.05, 4.69) is 32.9 Å². The van der Waals surface area contributed by atoms with E-state index in [1.807, 2.05) is 30.0 Å². The average molecular weight is 524 g/mol. The van der Waals surface area contributed by atoms with Crippen molar-refractivity contribution >= 4 is 21.9 Å². The van der Waals surface area contributed by atoms with Gasteiger partial charge in [0.2, 0.25) is 5.95 Å². The number of nitrogens with zero attached hydrogens (tertiary/aromatic N) is 5. The molecule has 2 aliphatic heterocycles. The molecular formula is C27H33N5O4S. The van der Waals surface area contributed by atoms with Gasteiger partial charge in [-0.15, -0.1) is 6.42 Å². The summed E-state index contributed by atoms with van der Waals surface area (Å²) >= 11 is 0. The standard InChI is InChI=1S/C27H33N5O4S/c1-3-22-19-31(26-28-15-25(16-29-26)37(34,35)24-9-10-24)17-20(2)32(22)27(33)36-23-11-13-30(14-12-23)18-21-7-5-4-6-8-21/h1,4-8,15-16,20,22-24H,9-14,17-19H2,2H3/t20-,22-/m1/s1. The van der Waals surface area contributed by atoms with Crippen LogP contribution in [0.1, 0.15) is 38.2 Å². The Kier molecular flexibility index (Phi) is 7.36. The Morgan fingerprint density at radius 1 is 1.08 bits per heavy atom. The smallest absolute Gasteiger partial charge is 0.411 e. The molecule has 3 aliphatic rings. The van der Waals surface area contributed by atoms with Crippen LogP contribution in [0.5, 0.6) is 0 Å². The first-order valence-corrected chi connectivity index (χ1v) is 14.4. The van der Waals surface area contributed by atoms with Crippen molar-refractivity contribution in [2.24, 2.45) is 0 Å². The van der Waals surface area contributed by atoms with E-state index in [4.69, 9.17) is 11.2 Å². The van der Waals surface area contributed by atoms with Gasteiger partial charge in [0.05, 0.1) is 30.2 Å². The molecular weight excluding hydrogens is 490 g/mol. The lowest BCUT2D eigenvalue weighted by Crippen LogP contribution is -2.60. The highest BCUT2D eigenvalue weighted by atomic mass is 32.2. The minimum atomic E-state index is -3.34. The Morgan fingerprint density at radius 3 is 2.38 bits per heavy atom. The zero-order chi connectivity index (χ0) is 26.0. The SMILES string of the molecule is C#C[C@@H]1CN(c2ncc(S(=O)(=O)C3CC3)cn2)C[C@@H](C)N1C(=O)OC1CCN(Cc2ccccc2)CC1. The van der Waals surface area contributed by atoms with Crippen LogP contribution in [0.4, 0.5) is 10.7 Å². The lowest BCUT2D eigenvalue weighted by atomic mass is 10.1. The van der Waals surface area contributed by atoms with Crippen LogP contribution in [-0.4, -0.2) is 83.9 Å². The van der Waals surface area contributed by atoms with E-state index < -0.39 is 15.9 Å². The second-order valence-corrected chi connectivity index (χ2v) is 12.4. The molecule has 1 aromatic heterocycles. The Hall–Kier alpha value is -3.16. The highest BCUT2D eigenvalue weighted by Gasteiger charge is 2.39. The number of amides is 1. The van der Waals surface area contributed by atoms with Gasteiger partial charge in [-0.25, -0.2) is 23.2 Å². The zero-order valence-electron chi connectivity index (χ0n) is 21.1. The summed E-state index contributed by atoms with van der Waals surface area (Å²) in [6, 6.07) is 9.64. The third-order valence-electron chi connectivity index (χ3n) is 7.33. The second-order valence-electron chi connectivity index (χ2n) is 10.2. The van der Waals surface area contributed by atoms with Crippen LogP contribution in [0.3, 0.4) is 0 Å². The van der Waals surface area contributed by atoms with E-state index in [0.717, 1.165) is 32.5 Å². The number of likely N-dealkylation sites (tertiary alicyclic amines) is 1. The molecule has 1 saturated carbocycles. The molecule has 0 bridgehead atoms. The number of ether oxygens (including phenoxy) is 1. The van der Waals surface area contributed by atoms with Gasteiger partial charge in [-0.05, 0) is 38.2 Å². The predicted molar refractivity (Wildman–Crippen MR) is 140 cm³/mol. The minimum Gasteiger partial charge on any atom is -0.446 e. The van der Waals surface area contributed by atoms with Crippen molar-refractivity contribution in [1.29, 1.82) is 0 Å². The van der Waals surface area contributed by atoms with Crippen molar-refractivity contribution in [2.75, 3.05) is 31.1 Å². The first-order chi connectivity index (χ1) is 17.8. The largest absolute Gasteiger partial charge is 0.446 e. The van der Waals surface area contributed by atoms with Crippen molar-refractivity contribution in [3.8, 4) is 12.3 Å². The first kappa shape index (κ1) is 25.5. The Balaban J connectivity index is 1.16. The van der Waals surface area contributed by atoms with Gasteiger partial charge >= 0.3 is 6.09 Å². The van der Waals surface area contributed by atoms with Crippen molar-refractivity contribution < 1.29 is 17.9 Å². The fourth-order valence-electron chi connectivity index (χ4n) is 5.11. The van der Waals surface area contributed by atoms with Crippen LogP contribution in [0.15, 0.2) is 47.6 Å². The molecule has 2 atom stereocenters. The quantitative estimate of drug-likeness (QED) is 0.534. The Labute approximate surface area is 218 Å². The zero-order valence-corrected chi connectivity index (χ0v) is 21.9. The van der Waals surface area contributed by atoms with E-state index >= 15 is 0 Å². The molecule has 10 heteroatoms. The number of hydrogen-bond acceptors (Lipinski definition) is 8. The molecule has 37 heavy (non-hydrogen) atoms. The molecule has 196 valence electrons. The topological polar surface area (TPSA) is 95.9 Å². The van der Waals surface area contributed by atoms with Gasteiger partial charge in [-0.2, -0.15) is 0 Å². The van der Waals surface area contributed by atoms with Gasteiger partial charge in [0.15, 0.2) is 9.84 Å². The minimum absolute atomic E-state index is 0.132. The Morgan fingerprint density at radius 2 is 1.76 bits per heavy atom. The van der Waals surface area contributed by atoms with Crippen LogP contribution < -0.4 is 4.90 Å². The fraction of sp³-hybridized carbons (Fsp3) is 0.519. The summed E-state index contributed by atoms with van der Waals surface area (Å²) in [6.45, 7) is 5.39. The molecule has 2 aromatic rings. The highest BCUT2D eigenvalue weighted by molar-refractivity contribution is 7.92. The lowest BCUT2D eigenvalue weighted by Gasteiger charge is -2.43. The Bertz CT molecular complexity index is 1240. The molecule has 0 spiro atoms. The van der Waals surface area contributed by atoms with Gasteiger partial charge in [-0.1, -0.05) is 36.3 Å². The maximum atomic E-state index is 13.2. The fourth-order valence-corrected chi connectivity index (χ4v) is 6.65. The molecule has 3 heterocycles. The predicted octanol–water partition coefficient (Wildman–Crippen LogP) is 2.73. The van der Waals surface area contributed by atoms with Crippen molar-refractivity contribution in [3.63, 3.8) is 0 Å². The number of terminal acetylenes is 1. The molecule has 1 aliphatic carbocycles. The average Bonchev–Trinajstić information content (AvgIpc) is 3.76. The monoisotopic (exact) mass is 523 g/mol. The lowest BCUT2D eigenvalue weighted by molar-refractivity contribution is 0.0136. The third-order valence-corrected chi connectivity index (χ3v) is 9.55. The van der Waals surface area contributed by atoms with Gasteiger partial charge in [0.1, 0.15) is 17.0 Å². The van der Waals surface area contributed by atoms with Gasteiger partial charge in [0, 0.05) is 26.2 Å². The van der Waals surface area contributed by atoms with E-state index in [1.165, 1.54) is 18.0 Å². The maximum Gasteiger partial charge on any atom is 0.411 e. The van der Waals surface area contributed by atoms with Crippen molar-refractivity contribution in [1.82, 2.24) is 19.8 Å². The number of piperidine rings is 1. The highest BCUT2D eigenvalue weighted by Crippen LogP contribution is 2.33. The molecule has 5 rings (SSSR count). The number of carbonyl (C=O) groups excluding carboxylic acids is 1. The molecule has 1 amide bonds. The summed E-state index contributed by atoms with van der Waals surface area (Å²) in [7, 11) is -3.34. The van der Waals surface area contributed by atoms with Crippen LogP contribution in [0, 0.1) is 12.3 Å². The number of benzene rings is 1. The summed E-state index contributed by atoms with van der Waals surface area (Å²) < 4.78 is 30.8.